The van der Waals surface area contributed by atoms with E-state index in [4.69, 9.17) is 14.9 Å². The van der Waals surface area contributed by atoms with Crippen molar-refractivity contribution in [2.75, 3.05) is 6.61 Å². The van der Waals surface area contributed by atoms with Crippen molar-refractivity contribution in [3.8, 4) is 0 Å². The molecule has 0 aliphatic carbocycles. The molecular weight excluding hydrogens is 234 g/mol. The Morgan fingerprint density at radius 1 is 1.54 bits per heavy atom. The van der Waals surface area contributed by atoms with Crippen LogP contribution in [0.3, 0.4) is 0 Å². The fourth-order valence-electron chi connectivity index (χ4n) is 1.33. The van der Waals surface area contributed by atoms with E-state index in [0.29, 0.717) is 4.67 Å². The topological polar surface area (TPSA) is 48.4 Å². The van der Waals surface area contributed by atoms with Crippen LogP contribution in [0.25, 0.3) is 0 Å². The van der Waals surface area contributed by atoms with Gasteiger partial charge in [0, 0.05) is 12.0 Å². The van der Waals surface area contributed by atoms with Gasteiger partial charge in [-0.05, 0) is 28.1 Å². The van der Waals surface area contributed by atoms with Gasteiger partial charge in [0.25, 0.3) is 0 Å². The fourth-order valence-corrected chi connectivity index (χ4v) is 1.82. The molecule has 0 bridgehead atoms. The van der Waals surface area contributed by atoms with Gasteiger partial charge in [0.1, 0.15) is 5.76 Å². The lowest BCUT2D eigenvalue weighted by molar-refractivity contribution is 0.225. The molecule has 0 saturated carbocycles. The van der Waals surface area contributed by atoms with Gasteiger partial charge >= 0.3 is 0 Å². The Kier molecular flexibility index (Phi) is 2.42. The lowest BCUT2D eigenvalue weighted by atomic mass is 10.1. The highest BCUT2D eigenvalue weighted by Crippen LogP contribution is 2.30. The second-order valence-electron chi connectivity index (χ2n) is 2.87. The molecular formula is C9H10BrNO2. The van der Waals surface area contributed by atoms with E-state index in [0.717, 1.165) is 24.4 Å². The van der Waals surface area contributed by atoms with Crippen LogP contribution in [-0.2, 0) is 4.74 Å². The first-order valence-corrected chi connectivity index (χ1v) is 4.89. The Morgan fingerprint density at radius 3 is 2.92 bits per heavy atom. The number of furan rings is 1. The molecule has 0 saturated heterocycles. The van der Waals surface area contributed by atoms with E-state index in [-0.39, 0.29) is 6.04 Å². The Balaban J connectivity index is 2.21. The molecule has 1 aromatic rings. The van der Waals surface area contributed by atoms with E-state index in [2.05, 4.69) is 15.9 Å². The monoisotopic (exact) mass is 243 g/mol. The minimum absolute atomic E-state index is 0.212. The summed E-state index contributed by atoms with van der Waals surface area (Å²) in [4.78, 5) is 0. The first-order valence-electron chi connectivity index (χ1n) is 4.10. The molecule has 2 heterocycles. The number of rotatable bonds is 2. The summed E-state index contributed by atoms with van der Waals surface area (Å²) in [5.74, 6) is 0.835. The van der Waals surface area contributed by atoms with E-state index in [1.165, 1.54) is 0 Å². The Morgan fingerprint density at radius 2 is 2.38 bits per heavy atom. The van der Waals surface area contributed by atoms with Crippen LogP contribution < -0.4 is 5.73 Å². The number of ether oxygens (including phenoxy) is 1. The SMILES string of the molecule is NC(C1=CCCO1)c1ccoc1Br. The third-order valence-corrected chi connectivity index (χ3v) is 2.66. The van der Waals surface area contributed by atoms with Crippen LogP contribution in [0.2, 0.25) is 0 Å². The largest absolute Gasteiger partial charge is 0.496 e. The number of halogens is 1. The summed E-state index contributed by atoms with van der Waals surface area (Å²) in [6, 6.07) is 1.63. The highest BCUT2D eigenvalue weighted by atomic mass is 79.9. The summed E-state index contributed by atoms with van der Waals surface area (Å²) in [6.07, 6.45) is 4.57. The van der Waals surface area contributed by atoms with Crippen molar-refractivity contribution in [1.82, 2.24) is 0 Å². The van der Waals surface area contributed by atoms with Gasteiger partial charge in [-0.3, -0.25) is 0 Å². The van der Waals surface area contributed by atoms with Crippen molar-refractivity contribution in [2.45, 2.75) is 12.5 Å². The maximum absolute atomic E-state index is 5.96. The molecule has 0 spiro atoms. The molecule has 70 valence electrons. The molecule has 2 rings (SSSR count). The molecule has 13 heavy (non-hydrogen) atoms. The minimum Gasteiger partial charge on any atom is -0.496 e. The normalized spacial score (nSPS) is 18.2. The number of nitrogens with two attached hydrogens (primary N) is 1. The Hall–Kier alpha value is -0.740. The molecule has 1 unspecified atom stereocenters. The van der Waals surface area contributed by atoms with Crippen molar-refractivity contribution in [1.29, 1.82) is 0 Å². The van der Waals surface area contributed by atoms with Crippen molar-refractivity contribution < 1.29 is 9.15 Å². The summed E-state index contributed by atoms with van der Waals surface area (Å²) < 4.78 is 11.1. The lowest BCUT2D eigenvalue weighted by Gasteiger charge is -2.11. The van der Waals surface area contributed by atoms with Crippen LogP contribution in [0.4, 0.5) is 0 Å². The highest BCUT2D eigenvalue weighted by Gasteiger charge is 2.20. The summed E-state index contributed by atoms with van der Waals surface area (Å²) in [6.45, 7) is 0.735. The predicted molar refractivity (Wildman–Crippen MR) is 52.0 cm³/mol. The molecule has 1 aromatic heterocycles. The molecule has 1 atom stereocenters. The van der Waals surface area contributed by atoms with Crippen LogP contribution in [0.5, 0.6) is 0 Å². The van der Waals surface area contributed by atoms with E-state index in [1.807, 2.05) is 12.1 Å². The smallest absolute Gasteiger partial charge is 0.174 e. The van der Waals surface area contributed by atoms with Crippen molar-refractivity contribution in [2.24, 2.45) is 5.73 Å². The van der Waals surface area contributed by atoms with Gasteiger partial charge in [-0.2, -0.15) is 0 Å². The average molecular weight is 244 g/mol. The van der Waals surface area contributed by atoms with E-state index in [1.54, 1.807) is 6.26 Å². The van der Waals surface area contributed by atoms with Gasteiger partial charge in [-0.25, -0.2) is 0 Å². The van der Waals surface area contributed by atoms with Gasteiger partial charge in [-0.1, -0.05) is 0 Å². The molecule has 2 N–H and O–H groups in total. The maximum atomic E-state index is 5.96. The lowest BCUT2D eigenvalue weighted by Crippen LogP contribution is -2.13. The van der Waals surface area contributed by atoms with Crippen molar-refractivity contribution >= 4 is 15.9 Å². The molecule has 0 fully saturated rings. The number of hydrogen-bond donors (Lipinski definition) is 1. The van der Waals surface area contributed by atoms with Crippen LogP contribution in [0.15, 0.2) is 33.3 Å². The number of hydrogen-bond acceptors (Lipinski definition) is 3. The van der Waals surface area contributed by atoms with Crippen LogP contribution >= 0.6 is 15.9 Å². The molecule has 0 radical (unpaired) electrons. The molecule has 0 amide bonds. The minimum atomic E-state index is -0.212. The zero-order valence-corrected chi connectivity index (χ0v) is 8.58. The standard InChI is InChI=1S/C9H10BrNO2/c10-9-6(3-5-13-9)8(11)7-2-1-4-12-7/h2-3,5,8H,1,4,11H2. The second kappa shape index (κ2) is 3.55. The summed E-state index contributed by atoms with van der Waals surface area (Å²) in [7, 11) is 0. The maximum Gasteiger partial charge on any atom is 0.174 e. The molecule has 1 aliphatic rings. The summed E-state index contributed by atoms with van der Waals surface area (Å²) in [5, 5.41) is 0. The van der Waals surface area contributed by atoms with Gasteiger partial charge in [0.15, 0.2) is 4.67 Å². The molecule has 1 aliphatic heterocycles. The van der Waals surface area contributed by atoms with Crippen LogP contribution in [0, 0.1) is 0 Å². The average Bonchev–Trinajstić information content (AvgIpc) is 2.72. The Bertz CT molecular complexity index is 332. The van der Waals surface area contributed by atoms with Gasteiger partial charge in [0.05, 0.1) is 18.9 Å². The van der Waals surface area contributed by atoms with Crippen molar-refractivity contribution in [3.05, 3.63) is 34.4 Å². The van der Waals surface area contributed by atoms with Crippen molar-refractivity contribution in [3.63, 3.8) is 0 Å². The quantitative estimate of drug-likeness (QED) is 0.868. The van der Waals surface area contributed by atoms with Crippen LogP contribution in [0.1, 0.15) is 18.0 Å². The van der Waals surface area contributed by atoms with E-state index >= 15 is 0 Å². The third kappa shape index (κ3) is 1.64. The van der Waals surface area contributed by atoms with Gasteiger partial charge in [0.2, 0.25) is 0 Å². The summed E-state index contributed by atoms with van der Waals surface area (Å²) in [5.41, 5.74) is 6.89. The van der Waals surface area contributed by atoms with E-state index < -0.39 is 0 Å². The molecule has 3 nitrogen and oxygen atoms in total. The molecule has 0 aromatic carbocycles. The predicted octanol–water partition coefficient (Wildman–Crippen LogP) is 2.35. The van der Waals surface area contributed by atoms with E-state index in [9.17, 15) is 0 Å². The molecule has 4 heteroatoms. The second-order valence-corrected chi connectivity index (χ2v) is 3.59. The zero-order chi connectivity index (χ0) is 9.26. The zero-order valence-electron chi connectivity index (χ0n) is 7.00. The van der Waals surface area contributed by atoms with Gasteiger partial charge in [-0.15, -0.1) is 0 Å². The van der Waals surface area contributed by atoms with Crippen LogP contribution in [-0.4, -0.2) is 6.61 Å². The first kappa shape index (κ1) is 8.84. The summed E-state index contributed by atoms with van der Waals surface area (Å²) >= 11 is 3.28. The highest BCUT2D eigenvalue weighted by molar-refractivity contribution is 9.10. The first-order chi connectivity index (χ1) is 6.29. The van der Waals surface area contributed by atoms with Gasteiger partial charge < -0.3 is 14.9 Å². The fraction of sp³-hybridized carbons (Fsp3) is 0.333. The third-order valence-electron chi connectivity index (χ3n) is 2.02. The Labute approximate surface area is 84.7 Å².